The van der Waals surface area contributed by atoms with Crippen LogP contribution < -0.4 is 0 Å². The van der Waals surface area contributed by atoms with Crippen molar-refractivity contribution in [3.05, 3.63) is 0 Å². The first-order chi connectivity index (χ1) is 13.2. The molecule has 1 saturated heterocycles. The third-order valence-corrected chi connectivity index (χ3v) is 4.10. The predicted octanol–water partition coefficient (Wildman–Crippen LogP) is 1.10. The number of hydrogen-bond acceptors (Lipinski definition) is 8. The molecular formula is C20H38ClN3O6. The fraction of sp³-hybridized carbons (Fsp3) is 0.850. The Morgan fingerprint density at radius 1 is 0.667 bits per heavy atom. The summed E-state index contributed by atoms with van der Waals surface area (Å²) in [5.74, 6) is -1.54. The molecule has 0 saturated carbocycles. The molecule has 1 aliphatic heterocycles. The molecule has 0 aromatic rings. The average Bonchev–Trinajstić information content (AvgIpc) is 2.56. The Labute approximate surface area is 186 Å². The van der Waals surface area contributed by atoms with Gasteiger partial charge in [-0.15, -0.1) is 12.4 Å². The van der Waals surface area contributed by atoms with Crippen molar-refractivity contribution in [2.24, 2.45) is 0 Å². The zero-order chi connectivity index (χ0) is 22.2. The monoisotopic (exact) mass is 451 g/mol. The van der Waals surface area contributed by atoms with Crippen LogP contribution in [0.3, 0.4) is 0 Å². The van der Waals surface area contributed by atoms with Gasteiger partial charge in [-0.1, -0.05) is 0 Å². The molecule has 1 heterocycles. The third-order valence-electron chi connectivity index (χ3n) is 4.10. The highest BCUT2D eigenvalue weighted by atomic mass is 35.5. The van der Waals surface area contributed by atoms with E-state index >= 15 is 0 Å². The Kier molecular flexibility index (Phi) is 11.8. The molecule has 0 spiro atoms. The van der Waals surface area contributed by atoms with Crippen LogP contribution in [0.15, 0.2) is 0 Å². The number of aliphatic carboxylic acids is 1. The second kappa shape index (κ2) is 12.4. The summed E-state index contributed by atoms with van der Waals surface area (Å²) in [6.07, 6.45) is 0. The van der Waals surface area contributed by atoms with Gasteiger partial charge < -0.3 is 14.6 Å². The summed E-state index contributed by atoms with van der Waals surface area (Å²) in [4.78, 5) is 41.3. The predicted molar refractivity (Wildman–Crippen MR) is 116 cm³/mol. The molecule has 0 aromatic carbocycles. The van der Waals surface area contributed by atoms with Gasteiger partial charge in [0.25, 0.3) is 0 Å². The SMILES string of the molecule is CC(C)(C)OC(=O)CN1CCN(CC(=O)O)CCN(CC(=O)OC(C)(C)C)CC1.Cl. The molecule has 0 unspecified atom stereocenters. The van der Waals surface area contributed by atoms with Crippen LogP contribution in [0.2, 0.25) is 0 Å². The van der Waals surface area contributed by atoms with E-state index in [1.807, 2.05) is 56.2 Å². The fourth-order valence-electron chi connectivity index (χ4n) is 2.96. The summed E-state index contributed by atoms with van der Waals surface area (Å²) in [5, 5.41) is 9.16. The summed E-state index contributed by atoms with van der Waals surface area (Å²) < 4.78 is 10.8. The van der Waals surface area contributed by atoms with Gasteiger partial charge in [0.1, 0.15) is 11.2 Å². The lowest BCUT2D eigenvalue weighted by molar-refractivity contribution is -0.158. The quantitative estimate of drug-likeness (QED) is 0.595. The van der Waals surface area contributed by atoms with E-state index in [2.05, 4.69) is 0 Å². The van der Waals surface area contributed by atoms with Crippen molar-refractivity contribution in [2.75, 3.05) is 58.9 Å². The summed E-state index contributed by atoms with van der Waals surface area (Å²) >= 11 is 0. The minimum atomic E-state index is -0.901. The van der Waals surface area contributed by atoms with Crippen molar-refractivity contribution in [2.45, 2.75) is 52.7 Å². The van der Waals surface area contributed by atoms with Crippen LogP contribution in [0, 0.1) is 0 Å². The number of esters is 2. The first-order valence-corrected chi connectivity index (χ1v) is 10.1. The maximum absolute atomic E-state index is 12.2. The van der Waals surface area contributed by atoms with E-state index < -0.39 is 17.2 Å². The van der Waals surface area contributed by atoms with Crippen molar-refractivity contribution in [1.82, 2.24) is 14.7 Å². The van der Waals surface area contributed by atoms with E-state index in [4.69, 9.17) is 14.6 Å². The Bertz CT molecular complexity index is 532. The largest absolute Gasteiger partial charge is 0.480 e. The highest BCUT2D eigenvalue weighted by Crippen LogP contribution is 2.10. The molecule has 30 heavy (non-hydrogen) atoms. The number of halogens is 1. The van der Waals surface area contributed by atoms with Crippen molar-refractivity contribution in [3.8, 4) is 0 Å². The summed E-state index contributed by atoms with van der Waals surface area (Å²) in [6.45, 7) is 14.4. The van der Waals surface area contributed by atoms with Gasteiger partial charge in [0.05, 0.1) is 19.6 Å². The van der Waals surface area contributed by atoms with Crippen molar-refractivity contribution in [3.63, 3.8) is 0 Å². The highest BCUT2D eigenvalue weighted by Gasteiger charge is 2.24. The van der Waals surface area contributed by atoms with Crippen LogP contribution in [0.1, 0.15) is 41.5 Å². The standard InChI is InChI=1S/C20H37N3O6.ClH/c1-19(2,3)28-17(26)14-22-9-7-21(13-16(24)25)8-10-23(12-11-22)15-18(27)29-20(4,5)6;/h7-15H2,1-6H3,(H,24,25);1H. The zero-order valence-electron chi connectivity index (χ0n) is 19.1. The van der Waals surface area contributed by atoms with Gasteiger partial charge in [-0.25, -0.2) is 0 Å². The topological polar surface area (TPSA) is 99.6 Å². The lowest BCUT2D eigenvalue weighted by Gasteiger charge is -2.27. The van der Waals surface area contributed by atoms with Crippen molar-refractivity contribution < 1.29 is 29.0 Å². The van der Waals surface area contributed by atoms with Crippen LogP contribution in [0.5, 0.6) is 0 Å². The van der Waals surface area contributed by atoms with E-state index in [0.717, 1.165) is 0 Å². The number of carboxylic acid groups (broad SMARTS) is 1. The van der Waals surface area contributed by atoms with Gasteiger partial charge >= 0.3 is 17.9 Å². The molecule has 0 aliphatic carbocycles. The number of rotatable bonds is 6. The Balaban J connectivity index is 0.00000841. The summed E-state index contributed by atoms with van der Waals surface area (Å²) in [5.41, 5.74) is -1.12. The van der Waals surface area contributed by atoms with Gasteiger partial charge in [-0.2, -0.15) is 0 Å². The van der Waals surface area contributed by atoms with Crippen LogP contribution in [-0.4, -0.2) is 108 Å². The van der Waals surface area contributed by atoms with Crippen molar-refractivity contribution >= 4 is 30.3 Å². The van der Waals surface area contributed by atoms with Crippen LogP contribution >= 0.6 is 12.4 Å². The zero-order valence-corrected chi connectivity index (χ0v) is 19.9. The average molecular weight is 452 g/mol. The molecule has 9 nitrogen and oxygen atoms in total. The van der Waals surface area contributed by atoms with E-state index in [1.165, 1.54) is 0 Å². The maximum Gasteiger partial charge on any atom is 0.320 e. The number of hydrogen-bond donors (Lipinski definition) is 1. The molecule has 0 amide bonds. The summed E-state index contributed by atoms with van der Waals surface area (Å²) in [7, 11) is 0. The first kappa shape index (κ1) is 28.6. The number of ether oxygens (including phenoxy) is 2. The van der Waals surface area contributed by atoms with Crippen LogP contribution in [-0.2, 0) is 23.9 Å². The second-order valence-electron chi connectivity index (χ2n) is 9.40. The molecular weight excluding hydrogens is 414 g/mol. The fourth-order valence-corrected chi connectivity index (χ4v) is 2.96. The van der Waals surface area contributed by atoms with Gasteiger partial charge in [-0.3, -0.25) is 29.1 Å². The first-order valence-electron chi connectivity index (χ1n) is 10.1. The molecule has 176 valence electrons. The minimum absolute atomic E-state index is 0. The number of nitrogens with zero attached hydrogens (tertiary/aromatic N) is 3. The van der Waals surface area contributed by atoms with Crippen LogP contribution in [0.25, 0.3) is 0 Å². The van der Waals surface area contributed by atoms with Crippen molar-refractivity contribution in [1.29, 1.82) is 0 Å². The number of carbonyl (C=O) groups is 3. The number of carbonyl (C=O) groups excluding carboxylic acids is 2. The molecule has 0 atom stereocenters. The van der Waals surface area contributed by atoms with Gasteiger partial charge in [-0.05, 0) is 41.5 Å². The van der Waals surface area contributed by atoms with E-state index in [-0.39, 0.29) is 44.0 Å². The van der Waals surface area contributed by atoms with Crippen LogP contribution in [0.4, 0.5) is 0 Å². The lowest BCUT2D eigenvalue weighted by Crippen LogP contribution is -2.42. The maximum atomic E-state index is 12.2. The highest BCUT2D eigenvalue weighted by molar-refractivity contribution is 5.85. The summed E-state index contributed by atoms with van der Waals surface area (Å²) in [6, 6.07) is 0. The Morgan fingerprint density at radius 3 is 1.17 bits per heavy atom. The molecule has 1 N–H and O–H groups in total. The van der Waals surface area contributed by atoms with Gasteiger partial charge in [0.15, 0.2) is 0 Å². The smallest absolute Gasteiger partial charge is 0.320 e. The Morgan fingerprint density at radius 2 is 0.933 bits per heavy atom. The molecule has 1 aliphatic rings. The minimum Gasteiger partial charge on any atom is -0.480 e. The molecule has 10 heteroatoms. The third kappa shape index (κ3) is 13.7. The Hall–Kier alpha value is -1.42. The van der Waals surface area contributed by atoms with E-state index in [1.54, 1.807) is 0 Å². The number of carboxylic acids is 1. The molecule has 0 bridgehead atoms. The van der Waals surface area contributed by atoms with Gasteiger partial charge in [0, 0.05) is 39.3 Å². The normalized spacial score (nSPS) is 17.8. The van der Waals surface area contributed by atoms with E-state index in [9.17, 15) is 14.4 Å². The molecule has 0 aromatic heterocycles. The second-order valence-corrected chi connectivity index (χ2v) is 9.40. The van der Waals surface area contributed by atoms with Gasteiger partial charge in [0.2, 0.25) is 0 Å². The molecule has 1 fully saturated rings. The molecule has 1 rings (SSSR count). The molecule has 0 radical (unpaired) electrons. The van der Waals surface area contributed by atoms with E-state index in [0.29, 0.717) is 39.3 Å². The lowest BCUT2D eigenvalue weighted by atomic mass is 10.2.